The molecule has 2 heterocycles. The molecule has 2 amide bonds. The number of piperazine rings is 1. The van der Waals surface area contributed by atoms with Crippen molar-refractivity contribution in [1.82, 2.24) is 20.4 Å². The molecule has 2 N–H and O–H groups in total. The van der Waals surface area contributed by atoms with Crippen molar-refractivity contribution < 1.29 is 14.3 Å². The molecular weight excluding hydrogens is 344 g/mol. The van der Waals surface area contributed by atoms with E-state index in [0.717, 1.165) is 32.7 Å². The van der Waals surface area contributed by atoms with Crippen molar-refractivity contribution in [2.75, 3.05) is 52.9 Å². The number of rotatable bonds is 6. The average Bonchev–Trinajstić information content (AvgIpc) is 2.73. The number of methoxy groups -OCH3 is 1. The summed E-state index contributed by atoms with van der Waals surface area (Å²) < 4.78 is 5.51. The van der Waals surface area contributed by atoms with Gasteiger partial charge in [-0.15, -0.1) is 0 Å². The fourth-order valence-electron chi connectivity index (χ4n) is 3.78. The zero-order valence-corrected chi connectivity index (χ0v) is 16.1. The number of carbonyl (C=O) groups excluding carboxylic acids is 2. The summed E-state index contributed by atoms with van der Waals surface area (Å²) >= 11 is 0. The first-order valence-electron chi connectivity index (χ1n) is 9.71. The Kier molecular flexibility index (Phi) is 6.82. The summed E-state index contributed by atoms with van der Waals surface area (Å²) in [5, 5.41) is 6.02. The molecule has 2 saturated heterocycles. The normalized spacial score (nSPS) is 20.3. The van der Waals surface area contributed by atoms with Gasteiger partial charge in [0, 0.05) is 39.8 Å². The van der Waals surface area contributed by atoms with Crippen molar-refractivity contribution in [3.8, 4) is 0 Å². The molecule has 0 bridgehead atoms. The van der Waals surface area contributed by atoms with Gasteiger partial charge in [-0.2, -0.15) is 0 Å². The van der Waals surface area contributed by atoms with Crippen molar-refractivity contribution in [1.29, 1.82) is 0 Å². The summed E-state index contributed by atoms with van der Waals surface area (Å²) in [5.74, 6) is -0.203. The Balaban J connectivity index is 1.42. The van der Waals surface area contributed by atoms with Crippen molar-refractivity contribution in [3.63, 3.8) is 0 Å². The van der Waals surface area contributed by atoms with Crippen LogP contribution in [0.2, 0.25) is 0 Å². The minimum atomic E-state index is -0.806. The second-order valence-corrected chi connectivity index (χ2v) is 7.27. The number of nitrogens with one attached hydrogen (secondary N) is 2. The molecule has 0 aliphatic carbocycles. The van der Waals surface area contributed by atoms with Gasteiger partial charge < -0.3 is 20.3 Å². The molecule has 0 spiro atoms. The highest BCUT2D eigenvalue weighted by atomic mass is 16.5. The number of carbonyl (C=O) groups is 2. The van der Waals surface area contributed by atoms with Crippen LogP contribution in [0, 0.1) is 0 Å². The van der Waals surface area contributed by atoms with Crippen LogP contribution in [0.3, 0.4) is 0 Å². The molecule has 3 rings (SSSR count). The summed E-state index contributed by atoms with van der Waals surface area (Å²) in [5.41, 5.74) is 0.483. The van der Waals surface area contributed by atoms with Crippen LogP contribution in [-0.4, -0.2) is 80.1 Å². The van der Waals surface area contributed by atoms with E-state index in [2.05, 4.69) is 27.7 Å². The van der Waals surface area contributed by atoms with E-state index in [4.69, 9.17) is 4.74 Å². The second-order valence-electron chi connectivity index (χ2n) is 7.27. The monoisotopic (exact) mass is 374 g/mol. The molecule has 7 heteroatoms. The fourth-order valence-corrected chi connectivity index (χ4v) is 3.78. The molecule has 2 aliphatic rings. The predicted molar refractivity (Wildman–Crippen MR) is 103 cm³/mol. The Hall–Kier alpha value is -1.96. The minimum absolute atomic E-state index is 0.0251. The Morgan fingerprint density at radius 3 is 2.41 bits per heavy atom. The van der Waals surface area contributed by atoms with Crippen LogP contribution in [0.1, 0.15) is 18.4 Å². The summed E-state index contributed by atoms with van der Waals surface area (Å²) in [4.78, 5) is 29.2. The minimum Gasteiger partial charge on any atom is -0.368 e. The maximum Gasteiger partial charge on any atom is 0.252 e. The van der Waals surface area contributed by atoms with Crippen molar-refractivity contribution in [2.24, 2.45) is 0 Å². The van der Waals surface area contributed by atoms with E-state index < -0.39 is 5.60 Å². The molecule has 27 heavy (non-hydrogen) atoms. The number of hydrogen-bond donors (Lipinski definition) is 2. The lowest BCUT2D eigenvalue weighted by molar-refractivity contribution is -0.148. The van der Waals surface area contributed by atoms with E-state index in [1.54, 1.807) is 7.11 Å². The van der Waals surface area contributed by atoms with Gasteiger partial charge >= 0.3 is 0 Å². The molecular formula is C20H30N4O3. The van der Waals surface area contributed by atoms with Gasteiger partial charge in [-0.3, -0.25) is 14.5 Å². The third-order valence-corrected chi connectivity index (χ3v) is 5.59. The van der Waals surface area contributed by atoms with Crippen LogP contribution >= 0.6 is 0 Å². The van der Waals surface area contributed by atoms with Gasteiger partial charge in [0.1, 0.15) is 5.60 Å². The van der Waals surface area contributed by atoms with Gasteiger partial charge in [0.2, 0.25) is 5.91 Å². The zero-order chi connectivity index (χ0) is 19.1. The van der Waals surface area contributed by atoms with E-state index in [1.807, 2.05) is 23.1 Å². The number of benzene rings is 1. The average molecular weight is 374 g/mol. The topological polar surface area (TPSA) is 73.9 Å². The lowest BCUT2D eigenvalue weighted by Crippen LogP contribution is -2.56. The Labute approximate surface area is 161 Å². The number of amides is 2. The maximum atomic E-state index is 12.6. The van der Waals surface area contributed by atoms with Crippen LogP contribution in [0.15, 0.2) is 30.3 Å². The predicted octanol–water partition coefficient (Wildman–Crippen LogP) is 0.216. The molecule has 0 aromatic heterocycles. The van der Waals surface area contributed by atoms with E-state index >= 15 is 0 Å². The highest BCUT2D eigenvalue weighted by Crippen LogP contribution is 2.22. The quantitative estimate of drug-likeness (QED) is 0.745. The molecule has 0 unspecified atom stereocenters. The zero-order valence-electron chi connectivity index (χ0n) is 16.1. The summed E-state index contributed by atoms with van der Waals surface area (Å²) in [7, 11) is 1.57. The van der Waals surface area contributed by atoms with Crippen LogP contribution in [0.4, 0.5) is 0 Å². The van der Waals surface area contributed by atoms with Crippen LogP contribution in [-0.2, 0) is 20.9 Å². The van der Waals surface area contributed by atoms with Crippen LogP contribution < -0.4 is 10.6 Å². The molecule has 0 atom stereocenters. The number of hydrogen-bond acceptors (Lipinski definition) is 5. The van der Waals surface area contributed by atoms with Crippen molar-refractivity contribution in [3.05, 3.63) is 35.9 Å². The van der Waals surface area contributed by atoms with E-state index in [9.17, 15) is 9.59 Å². The largest absolute Gasteiger partial charge is 0.368 e. The van der Waals surface area contributed by atoms with Crippen molar-refractivity contribution in [2.45, 2.75) is 25.0 Å². The lowest BCUT2D eigenvalue weighted by atomic mass is 9.91. The first-order chi connectivity index (χ1) is 13.1. The molecule has 1 aromatic rings. The molecule has 1 aromatic carbocycles. The van der Waals surface area contributed by atoms with E-state index in [1.165, 1.54) is 5.56 Å². The summed E-state index contributed by atoms with van der Waals surface area (Å²) in [6, 6.07) is 10.4. The first-order valence-corrected chi connectivity index (χ1v) is 9.71. The number of piperidine rings is 1. The number of nitrogens with zero attached hydrogens (tertiary/aromatic N) is 2. The highest BCUT2D eigenvalue weighted by molar-refractivity contribution is 5.89. The fraction of sp³-hybridized carbons (Fsp3) is 0.600. The maximum absolute atomic E-state index is 12.6. The first kappa shape index (κ1) is 19.8. The van der Waals surface area contributed by atoms with Gasteiger partial charge in [0.25, 0.3) is 5.91 Å². The lowest BCUT2D eigenvalue weighted by Gasteiger charge is -2.36. The smallest absolute Gasteiger partial charge is 0.252 e. The molecule has 0 saturated carbocycles. The Morgan fingerprint density at radius 1 is 1.11 bits per heavy atom. The second kappa shape index (κ2) is 9.30. The Bertz CT molecular complexity index is 623. The standard InChI is InChI=1S/C20H30N4O3/c1-27-20(7-9-21-10-8-20)19(26)22-15-18(25)24-13-11-23(12-14-24)16-17-5-3-2-4-6-17/h2-6,21H,7-16H2,1H3,(H,22,26). The molecule has 2 aliphatic heterocycles. The summed E-state index contributed by atoms with van der Waals surface area (Å²) in [6.45, 7) is 5.53. The van der Waals surface area contributed by atoms with Gasteiger partial charge in [-0.05, 0) is 31.5 Å². The van der Waals surface area contributed by atoms with Gasteiger partial charge in [0.05, 0.1) is 6.54 Å². The van der Waals surface area contributed by atoms with Gasteiger partial charge in [-0.1, -0.05) is 30.3 Å². The molecule has 0 radical (unpaired) electrons. The molecule has 2 fully saturated rings. The van der Waals surface area contributed by atoms with Gasteiger partial charge in [0.15, 0.2) is 0 Å². The van der Waals surface area contributed by atoms with Gasteiger partial charge in [-0.25, -0.2) is 0 Å². The Morgan fingerprint density at radius 2 is 1.78 bits per heavy atom. The van der Waals surface area contributed by atoms with Crippen LogP contribution in [0.25, 0.3) is 0 Å². The van der Waals surface area contributed by atoms with E-state index in [-0.39, 0.29) is 18.4 Å². The third kappa shape index (κ3) is 5.06. The van der Waals surface area contributed by atoms with Crippen LogP contribution in [0.5, 0.6) is 0 Å². The number of ether oxygens (including phenoxy) is 1. The SMILES string of the molecule is COC1(C(=O)NCC(=O)N2CCN(Cc3ccccc3)CC2)CCNCC1. The third-order valence-electron chi connectivity index (χ3n) is 5.59. The summed E-state index contributed by atoms with van der Waals surface area (Å²) in [6.07, 6.45) is 1.25. The van der Waals surface area contributed by atoms with E-state index in [0.29, 0.717) is 25.9 Å². The molecule has 7 nitrogen and oxygen atoms in total. The molecule has 148 valence electrons. The highest BCUT2D eigenvalue weighted by Gasteiger charge is 2.39. The van der Waals surface area contributed by atoms with Crippen molar-refractivity contribution >= 4 is 11.8 Å².